The molecule has 12 heavy (non-hydrogen) atoms. The third-order valence-corrected chi connectivity index (χ3v) is 2.02. The predicted molar refractivity (Wildman–Crippen MR) is 41.4 cm³/mol. The number of nitrogens with two attached hydrogens (primary N) is 1. The van der Waals surface area contributed by atoms with Gasteiger partial charge in [-0.25, -0.2) is 0 Å². The fourth-order valence-electron chi connectivity index (χ4n) is 1.02. The van der Waals surface area contributed by atoms with Gasteiger partial charge in [-0.1, -0.05) is 0 Å². The monoisotopic (exact) mass is 172 g/mol. The van der Waals surface area contributed by atoms with Gasteiger partial charge < -0.3 is 16.2 Å². The second-order valence-corrected chi connectivity index (χ2v) is 2.93. The molecule has 0 aromatic carbocycles. The van der Waals surface area contributed by atoms with Crippen molar-refractivity contribution < 1.29 is 14.7 Å². The van der Waals surface area contributed by atoms with E-state index >= 15 is 0 Å². The van der Waals surface area contributed by atoms with Crippen LogP contribution in [0.25, 0.3) is 0 Å². The number of carboxylic acids is 1. The molecule has 0 atom stereocenters. The Labute approximate surface area is 69.9 Å². The van der Waals surface area contributed by atoms with Crippen molar-refractivity contribution in [3.63, 3.8) is 0 Å². The number of carboxylic acid groups (broad SMARTS) is 1. The van der Waals surface area contributed by atoms with Crippen LogP contribution < -0.4 is 11.1 Å². The zero-order valence-corrected chi connectivity index (χ0v) is 6.67. The lowest BCUT2D eigenvalue weighted by atomic mass is 10.1. The van der Waals surface area contributed by atoms with E-state index in [-0.39, 0.29) is 0 Å². The average molecular weight is 172 g/mol. The molecule has 0 aliphatic heterocycles. The highest BCUT2D eigenvalue weighted by Gasteiger charge is 2.56. The molecule has 1 saturated carbocycles. The van der Waals surface area contributed by atoms with Crippen LogP contribution in [0, 0.1) is 5.41 Å². The lowest BCUT2D eigenvalue weighted by Gasteiger charge is -2.08. The Hall–Kier alpha value is -1.10. The molecule has 0 aromatic rings. The van der Waals surface area contributed by atoms with Gasteiger partial charge >= 0.3 is 5.97 Å². The Morgan fingerprint density at radius 3 is 2.42 bits per heavy atom. The molecule has 1 rings (SSSR count). The minimum Gasteiger partial charge on any atom is -0.480 e. The molecule has 0 unspecified atom stereocenters. The maximum atomic E-state index is 11.2. The summed E-state index contributed by atoms with van der Waals surface area (Å²) in [6.07, 6.45) is 0.886. The normalized spacial score (nSPS) is 18.4. The van der Waals surface area contributed by atoms with Crippen LogP contribution in [0.5, 0.6) is 0 Å². The number of hydrogen-bond donors (Lipinski definition) is 3. The van der Waals surface area contributed by atoms with E-state index in [0.717, 1.165) is 0 Å². The molecule has 0 bridgehead atoms. The second kappa shape index (κ2) is 3.10. The summed E-state index contributed by atoms with van der Waals surface area (Å²) < 4.78 is 0. The first-order chi connectivity index (χ1) is 5.63. The summed E-state index contributed by atoms with van der Waals surface area (Å²) in [6, 6.07) is 0. The van der Waals surface area contributed by atoms with E-state index < -0.39 is 17.3 Å². The fourth-order valence-corrected chi connectivity index (χ4v) is 1.02. The lowest BCUT2D eigenvalue weighted by molar-refractivity contribution is -0.149. The molecule has 1 aliphatic rings. The van der Waals surface area contributed by atoms with Crippen molar-refractivity contribution >= 4 is 11.9 Å². The third-order valence-electron chi connectivity index (χ3n) is 2.02. The Morgan fingerprint density at radius 2 is 2.08 bits per heavy atom. The number of nitrogens with one attached hydrogen (secondary N) is 1. The van der Waals surface area contributed by atoms with Crippen molar-refractivity contribution in [2.24, 2.45) is 11.1 Å². The van der Waals surface area contributed by atoms with Crippen LogP contribution in [-0.4, -0.2) is 30.1 Å². The Bertz CT molecular complexity index is 211. The van der Waals surface area contributed by atoms with Gasteiger partial charge in [-0.2, -0.15) is 0 Å². The first kappa shape index (κ1) is 8.99. The quantitative estimate of drug-likeness (QED) is 0.470. The Balaban J connectivity index is 2.47. The first-order valence-electron chi connectivity index (χ1n) is 3.85. The number of amides is 1. The highest BCUT2D eigenvalue weighted by Crippen LogP contribution is 2.45. The maximum Gasteiger partial charge on any atom is 0.319 e. The summed E-state index contributed by atoms with van der Waals surface area (Å²) in [7, 11) is 0. The molecule has 4 N–H and O–H groups in total. The molecule has 0 saturated heterocycles. The van der Waals surface area contributed by atoms with E-state index in [1.807, 2.05) is 0 Å². The van der Waals surface area contributed by atoms with Crippen molar-refractivity contribution in [2.75, 3.05) is 13.1 Å². The molecule has 5 heteroatoms. The molecule has 1 amide bonds. The van der Waals surface area contributed by atoms with Gasteiger partial charge in [0.15, 0.2) is 0 Å². The largest absolute Gasteiger partial charge is 0.480 e. The van der Waals surface area contributed by atoms with Crippen molar-refractivity contribution in [2.45, 2.75) is 12.8 Å². The summed E-state index contributed by atoms with van der Waals surface area (Å²) in [4.78, 5) is 21.8. The maximum absolute atomic E-state index is 11.2. The van der Waals surface area contributed by atoms with Crippen LogP contribution in [0.1, 0.15) is 12.8 Å². The molecular weight excluding hydrogens is 160 g/mol. The van der Waals surface area contributed by atoms with Crippen molar-refractivity contribution in [3.05, 3.63) is 0 Å². The van der Waals surface area contributed by atoms with E-state index in [4.69, 9.17) is 10.8 Å². The summed E-state index contributed by atoms with van der Waals surface area (Å²) >= 11 is 0. The summed E-state index contributed by atoms with van der Waals surface area (Å²) in [5, 5.41) is 11.2. The van der Waals surface area contributed by atoms with Crippen molar-refractivity contribution in [1.82, 2.24) is 5.32 Å². The van der Waals surface area contributed by atoms with Crippen LogP contribution >= 0.6 is 0 Å². The number of aliphatic carboxylic acids is 1. The first-order valence-corrected chi connectivity index (χ1v) is 3.85. The van der Waals surface area contributed by atoms with Gasteiger partial charge in [0.2, 0.25) is 5.91 Å². The number of hydrogen-bond acceptors (Lipinski definition) is 3. The summed E-state index contributed by atoms with van der Waals surface area (Å²) in [5.74, 6) is -1.43. The van der Waals surface area contributed by atoms with E-state index in [0.29, 0.717) is 25.9 Å². The smallest absolute Gasteiger partial charge is 0.319 e. The Morgan fingerprint density at radius 1 is 1.50 bits per heavy atom. The minimum atomic E-state index is -1.13. The van der Waals surface area contributed by atoms with E-state index in [1.54, 1.807) is 0 Å². The fraction of sp³-hybridized carbons (Fsp3) is 0.714. The predicted octanol–water partition coefficient (Wildman–Crippen LogP) is -1.07. The summed E-state index contributed by atoms with van der Waals surface area (Å²) in [6.45, 7) is 0.676. The van der Waals surface area contributed by atoms with Gasteiger partial charge in [0.25, 0.3) is 0 Å². The molecule has 0 aromatic heterocycles. The molecular formula is C7H12N2O3. The Kier molecular flexibility index (Phi) is 2.32. The molecule has 5 nitrogen and oxygen atoms in total. The number of carbonyl (C=O) groups excluding carboxylic acids is 1. The van der Waals surface area contributed by atoms with Gasteiger partial charge in [-0.05, 0) is 12.8 Å². The van der Waals surface area contributed by atoms with Crippen molar-refractivity contribution in [3.8, 4) is 0 Å². The van der Waals surface area contributed by atoms with Gasteiger partial charge in [-0.3, -0.25) is 9.59 Å². The second-order valence-electron chi connectivity index (χ2n) is 2.93. The molecule has 0 spiro atoms. The molecule has 68 valence electrons. The highest BCUT2D eigenvalue weighted by atomic mass is 16.4. The van der Waals surface area contributed by atoms with Gasteiger partial charge in [0.05, 0.1) is 0 Å². The van der Waals surface area contributed by atoms with Crippen molar-refractivity contribution in [1.29, 1.82) is 0 Å². The van der Waals surface area contributed by atoms with Gasteiger partial charge in [-0.15, -0.1) is 0 Å². The number of carbonyl (C=O) groups is 2. The standard InChI is InChI=1S/C7H12N2O3/c8-3-4-9-5(10)7(1-2-7)6(11)12/h1-4,8H2,(H,9,10)(H,11,12). The van der Waals surface area contributed by atoms with E-state index in [9.17, 15) is 9.59 Å². The molecule has 1 aliphatic carbocycles. The van der Waals surface area contributed by atoms with Crippen LogP contribution in [0.3, 0.4) is 0 Å². The molecule has 0 radical (unpaired) electrons. The lowest BCUT2D eigenvalue weighted by Crippen LogP contribution is -2.39. The molecule has 1 fully saturated rings. The molecule has 0 heterocycles. The SMILES string of the molecule is NCCNC(=O)C1(C(=O)O)CC1. The zero-order valence-electron chi connectivity index (χ0n) is 6.67. The average Bonchev–Trinajstić information content (AvgIpc) is 2.80. The topological polar surface area (TPSA) is 92.4 Å². The minimum absolute atomic E-state index is 0.335. The van der Waals surface area contributed by atoms with Gasteiger partial charge in [0, 0.05) is 13.1 Å². The van der Waals surface area contributed by atoms with Crippen LogP contribution in [0.15, 0.2) is 0 Å². The van der Waals surface area contributed by atoms with Crippen LogP contribution in [0.4, 0.5) is 0 Å². The zero-order chi connectivity index (χ0) is 9.19. The van der Waals surface area contributed by atoms with E-state index in [1.165, 1.54) is 0 Å². The third kappa shape index (κ3) is 1.40. The highest BCUT2D eigenvalue weighted by molar-refractivity contribution is 6.04. The number of rotatable bonds is 4. The van der Waals surface area contributed by atoms with Crippen LogP contribution in [0.2, 0.25) is 0 Å². The summed E-state index contributed by atoms with van der Waals surface area (Å²) in [5.41, 5.74) is 4.02. The van der Waals surface area contributed by atoms with Gasteiger partial charge in [0.1, 0.15) is 5.41 Å². The van der Waals surface area contributed by atoms with E-state index in [2.05, 4.69) is 5.32 Å². The van der Waals surface area contributed by atoms with Crippen LogP contribution in [-0.2, 0) is 9.59 Å².